The highest BCUT2D eigenvalue weighted by Gasteiger charge is 2.31. The summed E-state index contributed by atoms with van der Waals surface area (Å²) in [5.74, 6) is 1.19. The third-order valence-corrected chi connectivity index (χ3v) is 6.61. The van der Waals surface area contributed by atoms with Crippen LogP contribution in [0.3, 0.4) is 0 Å². The molecule has 1 aliphatic heterocycles. The van der Waals surface area contributed by atoms with Gasteiger partial charge < -0.3 is 14.2 Å². The van der Waals surface area contributed by atoms with E-state index in [1.807, 2.05) is 52.8 Å². The van der Waals surface area contributed by atoms with Crippen molar-refractivity contribution in [3.8, 4) is 17.3 Å². The van der Waals surface area contributed by atoms with Crippen LogP contribution in [-0.4, -0.2) is 69.1 Å². The number of aromatic nitrogens is 8. The molecule has 0 bridgehead atoms. The second kappa shape index (κ2) is 8.54. The van der Waals surface area contributed by atoms with Gasteiger partial charge in [-0.1, -0.05) is 0 Å². The van der Waals surface area contributed by atoms with E-state index in [4.69, 9.17) is 9.72 Å². The minimum atomic E-state index is -0.168. The molecule has 4 aromatic rings. The van der Waals surface area contributed by atoms with E-state index in [0.717, 1.165) is 42.3 Å². The van der Waals surface area contributed by atoms with E-state index in [2.05, 4.69) is 27.1 Å². The summed E-state index contributed by atoms with van der Waals surface area (Å²) in [7, 11) is 1.93. The molecule has 1 saturated heterocycles. The monoisotopic (exact) mass is 463 g/mol. The van der Waals surface area contributed by atoms with Crippen LogP contribution in [0.5, 0.6) is 5.88 Å². The molecular weight excluding hydrogens is 434 g/mol. The highest BCUT2D eigenvalue weighted by atomic mass is 16.5. The van der Waals surface area contributed by atoms with E-state index >= 15 is 0 Å². The van der Waals surface area contributed by atoms with Crippen molar-refractivity contribution in [2.24, 2.45) is 7.05 Å². The molecule has 11 nitrogen and oxygen atoms in total. The number of hydrogen-bond acceptors (Lipinski definition) is 7. The second-order valence-corrected chi connectivity index (χ2v) is 8.54. The number of nitrogens with zero attached hydrogens (tertiary/aromatic N) is 9. The minimum absolute atomic E-state index is 0.0142. The first-order valence-electron chi connectivity index (χ1n) is 11.6. The number of fused-ring (bicyclic) bond motifs is 1. The number of hydrogen-bond donors (Lipinski definition) is 0. The van der Waals surface area contributed by atoms with Crippen LogP contribution in [0.1, 0.15) is 42.0 Å². The zero-order valence-corrected chi connectivity index (χ0v) is 20.2. The van der Waals surface area contributed by atoms with E-state index in [0.29, 0.717) is 35.7 Å². The summed E-state index contributed by atoms with van der Waals surface area (Å²) in [6, 6.07) is 0. The van der Waals surface area contributed by atoms with Crippen LogP contribution in [0.2, 0.25) is 0 Å². The molecule has 0 saturated carbocycles. The Labute approximate surface area is 197 Å². The molecule has 4 aromatic heterocycles. The van der Waals surface area contributed by atoms with Gasteiger partial charge >= 0.3 is 0 Å². The van der Waals surface area contributed by atoms with Gasteiger partial charge in [0.1, 0.15) is 18.3 Å². The van der Waals surface area contributed by atoms with Crippen LogP contribution in [0.15, 0.2) is 18.7 Å². The topological polar surface area (TPSA) is 109 Å². The third-order valence-electron chi connectivity index (χ3n) is 6.61. The van der Waals surface area contributed by atoms with Crippen LogP contribution in [0.4, 0.5) is 0 Å². The average Bonchev–Trinajstić information content (AvgIpc) is 3.60. The van der Waals surface area contributed by atoms with Gasteiger partial charge in [-0.3, -0.25) is 14.2 Å². The number of ether oxygens (including phenoxy) is 1. The smallest absolute Gasteiger partial charge is 0.257 e. The Morgan fingerprint density at radius 3 is 2.53 bits per heavy atom. The Morgan fingerprint density at radius 2 is 1.82 bits per heavy atom. The lowest BCUT2D eigenvalue weighted by atomic mass is 10.2. The Balaban J connectivity index is 1.38. The highest BCUT2D eigenvalue weighted by molar-refractivity contribution is 5.95. The van der Waals surface area contributed by atoms with Crippen molar-refractivity contribution in [3.05, 3.63) is 35.7 Å². The van der Waals surface area contributed by atoms with Crippen molar-refractivity contribution in [2.75, 3.05) is 13.1 Å². The largest absolute Gasteiger partial charge is 0.471 e. The molecule has 1 fully saturated rings. The maximum absolute atomic E-state index is 13.0. The summed E-state index contributed by atoms with van der Waals surface area (Å²) in [6.07, 6.45) is 5.53. The van der Waals surface area contributed by atoms with Gasteiger partial charge in [0.05, 0.1) is 30.1 Å². The first kappa shape index (κ1) is 22.1. The molecule has 34 heavy (non-hydrogen) atoms. The number of aryl methyl sites for hydroxylation is 3. The van der Waals surface area contributed by atoms with E-state index in [9.17, 15) is 4.79 Å². The lowest BCUT2D eigenvalue weighted by Crippen LogP contribution is -2.31. The van der Waals surface area contributed by atoms with Crippen molar-refractivity contribution < 1.29 is 9.53 Å². The molecule has 5 rings (SSSR count). The van der Waals surface area contributed by atoms with Gasteiger partial charge in [0.25, 0.3) is 5.91 Å². The summed E-state index contributed by atoms with van der Waals surface area (Å²) < 4.78 is 12.0. The molecule has 1 amide bonds. The summed E-state index contributed by atoms with van der Waals surface area (Å²) in [5.41, 5.74) is 4.82. The summed E-state index contributed by atoms with van der Waals surface area (Å²) in [5, 5.41) is 8.74. The van der Waals surface area contributed by atoms with E-state index < -0.39 is 0 Å². The van der Waals surface area contributed by atoms with Gasteiger partial charge in [-0.25, -0.2) is 9.97 Å². The minimum Gasteiger partial charge on any atom is -0.471 e. The predicted molar refractivity (Wildman–Crippen MR) is 126 cm³/mol. The molecule has 11 heteroatoms. The van der Waals surface area contributed by atoms with E-state index in [-0.39, 0.29) is 12.0 Å². The molecule has 178 valence electrons. The standard InChI is InChI=1S/C23H29N9O2/c1-6-31-14(3)17(10-26-31)20-28-19-21(29(20)5)24-13-25-22(19)34-16-8-9-30(12-16)23(33)18-11-27-32(7-2)15(18)4/h10-11,13,16H,6-9,12H2,1-5H3. The van der Waals surface area contributed by atoms with Crippen molar-refractivity contribution in [1.82, 2.24) is 44.0 Å². The molecule has 0 N–H and O–H groups in total. The van der Waals surface area contributed by atoms with Gasteiger partial charge in [0.2, 0.25) is 5.88 Å². The van der Waals surface area contributed by atoms with Gasteiger partial charge in [-0.05, 0) is 27.7 Å². The fraction of sp³-hybridized carbons (Fsp3) is 0.478. The zero-order chi connectivity index (χ0) is 24.0. The second-order valence-electron chi connectivity index (χ2n) is 8.54. The lowest BCUT2D eigenvalue weighted by Gasteiger charge is -2.17. The zero-order valence-electron chi connectivity index (χ0n) is 20.2. The maximum atomic E-state index is 13.0. The number of imidazole rings is 1. The quantitative estimate of drug-likeness (QED) is 0.432. The highest BCUT2D eigenvalue weighted by Crippen LogP contribution is 2.30. The van der Waals surface area contributed by atoms with Crippen molar-refractivity contribution in [1.29, 1.82) is 0 Å². The van der Waals surface area contributed by atoms with Crippen LogP contribution in [0.25, 0.3) is 22.6 Å². The number of amides is 1. The molecule has 1 atom stereocenters. The summed E-state index contributed by atoms with van der Waals surface area (Å²) >= 11 is 0. The molecule has 1 aliphatic rings. The van der Waals surface area contributed by atoms with Crippen LogP contribution in [0, 0.1) is 13.8 Å². The number of rotatable bonds is 6. The Bertz CT molecular complexity index is 1370. The van der Waals surface area contributed by atoms with E-state index in [1.54, 1.807) is 6.20 Å². The average molecular weight is 464 g/mol. The predicted octanol–water partition coefficient (Wildman–Crippen LogP) is 2.37. The lowest BCUT2D eigenvalue weighted by molar-refractivity contribution is 0.0770. The molecule has 0 spiro atoms. The van der Waals surface area contributed by atoms with Crippen molar-refractivity contribution in [3.63, 3.8) is 0 Å². The maximum Gasteiger partial charge on any atom is 0.257 e. The van der Waals surface area contributed by atoms with Crippen LogP contribution in [-0.2, 0) is 20.1 Å². The molecule has 0 aliphatic carbocycles. The SMILES string of the molecule is CCn1ncc(C(=O)N2CCC(Oc3ncnc4c3nc(-c3cnn(CC)c3C)n4C)C2)c1C. The number of carbonyl (C=O) groups excluding carboxylic acids is 1. The Morgan fingerprint density at radius 1 is 1.09 bits per heavy atom. The van der Waals surface area contributed by atoms with Crippen molar-refractivity contribution >= 4 is 17.1 Å². The Kier molecular flexibility index (Phi) is 5.54. The number of likely N-dealkylation sites (tertiary alicyclic amines) is 1. The fourth-order valence-electron chi connectivity index (χ4n) is 4.60. The van der Waals surface area contributed by atoms with Gasteiger partial charge in [0, 0.05) is 44.5 Å². The molecule has 0 radical (unpaired) electrons. The first-order valence-corrected chi connectivity index (χ1v) is 11.6. The molecule has 1 unspecified atom stereocenters. The van der Waals surface area contributed by atoms with Crippen LogP contribution >= 0.6 is 0 Å². The van der Waals surface area contributed by atoms with E-state index in [1.165, 1.54) is 6.33 Å². The van der Waals surface area contributed by atoms with Gasteiger partial charge in [-0.15, -0.1) is 0 Å². The van der Waals surface area contributed by atoms with Crippen molar-refractivity contribution in [2.45, 2.75) is 53.3 Å². The molecular formula is C23H29N9O2. The normalized spacial score (nSPS) is 16.0. The van der Waals surface area contributed by atoms with Gasteiger partial charge in [0.15, 0.2) is 11.2 Å². The number of carbonyl (C=O) groups is 1. The summed E-state index contributed by atoms with van der Waals surface area (Å²) in [4.78, 5) is 28.5. The fourth-order valence-corrected chi connectivity index (χ4v) is 4.60. The van der Waals surface area contributed by atoms with Gasteiger partial charge in [-0.2, -0.15) is 15.2 Å². The van der Waals surface area contributed by atoms with Crippen LogP contribution < -0.4 is 4.74 Å². The first-order chi connectivity index (χ1) is 16.4. The molecule has 0 aromatic carbocycles. The molecule has 5 heterocycles. The summed E-state index contributed by atoms with van der Waals surface area (Å²) in [6.45, 7) is 10.7. The third kappa shape index (κ3) is 3.51. The Hall–Kier alpha value is -3.76.